The van der Waals surface area contributed by atoms with Crippen LogP contribution in [0.1, 0.15) is 51.0 Å². The molecule has 0 saturated carbocycles. The van der Waals surface area contributed by atoms with E-state index in [9.17, 15) is 0 Å². The molecule has 0 aromatic heterocycles. The molecule has 1 aliphatic heterocycles. The van der Waals surface area contributed by atoms with Crippen LogP contribution in [0.15, 0.2) is 24.3 Å². The van der Waals surface area contributed by atoms with Crippen molar-refractivity contribution in [1.82, 2.24) is 5.32 Å². The zero-order chi connectivity index (χ0) is 12.8. The lowest BCUT2D eigenvalue weighted by molar-refractivity contribution is 0.253. The Labute approximate surface area is 111 Å². The zero-order valence-electron chi connectivity index (χ0n) is 11.6. The van der Waals surface area contributed by atoms with Crippen molar-refractivity contribution in [2.45, 2.75) is 51.5 Å². The van der Waals surface area contributed by atoms with Crippen molar-refractivity contribution in [2.24, 2.45) is 0 Å². The molecule has 0 fully saturated rings. The van der Waals surface area contributed by atoms with Gasteiger partial charge in [0.15, 0.2) is 0 Å². The van der Waals surface area contributed by atoms with Gasteiger partial charge in [0, 0.05) is 6.04 Å². The molecule has 1 N–H and O–H groups in total. The van der Waals surface area contributed by atoms with E-state index < -0.39 is 0 Å². The predicted octanol–water partition coefficient (Wildman–Crippen LogP) is 3.72. The predicted molar refractivity (Wildman–Crippen MR) is 76.3 cm³/mol. The maximum atomic E-state index is 5.73. The lowest BCUT2D eigenvalue weighted by Gasteiger charge is -2.29. The fraction of sp³-hybridized carbons (Fsp3) is 0.625. The molecule has 0 spiro atoms. The summed E-state index contributed by atoms with van der Waals surface area (Å²) >= 11 is 0. The summed E-state index contributed by atoms with van der Waals surface area (Å²) in [5.41, 5.74) is 1.41. The topological polar surface area (TPSA) is 21.3 Å². The smallest absolute Gasteiger partial charge is 0.122 e. The molecular formula is C16H25NO. The van der Waals surface area contributed by atoms with Crippen LogP contribution >= 0.6 is 0 Å². The molecule has 100 valence electrons. The Bertz CT molecular complexity index is 358. The first-order chi connectivity index (χ1) is 8.85. The summed E-state index contributed by atoms with van der Waals surface area (Å²) in [5, 5.41) is 3.62. The van der Waals surface area contributed by atoms with Gasteiger partial charge < -0.3 is 10.1 Å². The van der Waals surface area contributed by atoms with E-state index in [1.54, 1.807) is 0 Å². The van der Waals surface area contributed by atoms with Gasteiger partial charge in [0.05, 0.1) is 6.61 Å². The van der Waals surface area contributed by atoms with Crippen LogP contribution in [0.3, 0.4) is 0 Å². The summed E-state index contributed by atoms with van der Waals surface area (Å²) in [5.74, 6) is 1.76. The third-order valence-electron chi connectivity index (χ3n) is 3.78. The zero-order valence-corrected chi connectivity index (χ0v) is 11.6. The molecule has 2 unspecified atom stereocenters. The van der Waals surface area contributed by atoms with E-state index in [0.717, 1.165) is 25.3 Å². The second kappa shape index (κ2) is 6.79. The van der Waals surface area contributed by atoms with Crippen LogP contribution in [0.4, 0.5) is 0 Å². The van der Waals surface area contributed by atoms with E-state index in [-0.39, 0.29) is 0 Å². The van der Waals surface area contributed by atoms with Gasteiger partial charge in [-0.05, 0) is 43.4 Å². The number of benzene rings is 1. The van der Waals surface area contributed by atoms with Gasteiger partial charge >= 0.3 is 0 Å². The van der Waals surface area contributed by atoms with Gasteiger partial charge in [0.2, 0.25) is 0 Å². The van der Waals surface area contributed by atoms with Gasteiger partial charge in [0.1, 0.15) is 5.75 Å². The molecule has 0 radical (unpaired) electrons. The van der Waals surface area contributed by atoms with Gasteiger partial charge in [-0.1, -0.05) is 38.5 Å². The van der Waals surface area contributed by atoms with Crippen molar-refractivity contribution in [1.29, 1.82) is 0 Å². The van der Waals surface area contributed by atoms with Crippen molar-refractivity contribution in [3.8, 4) is 5.75 Å². The lowest BCUT2D eigenvalue weighted by Crippen LogP contribution is -2.31. The summed E-state index contributed by atoms with van der Waals surface area (Å²) in [4.78, 5) is 0. The Morgan fingerprint density at radius 2 is 2.17 bits per heavy atom. The van der Waals surface area contributed by atoms with E-state index in [1.807, 2.05) is 0 Å². The summed E-state index contributed by atoms with van der Waals surface area (Å²) in [6.45, 7) is 6.39. The molecule has 0 amide bonds. The maximum absolute atomic E-state index is 5.73. The highest BCUT2D eigenvalue weighted by atomic mass is 16.5. The Kier molecular flexibility index (Phi) is 5.06. The summed E-state index contributed by atoms with van der Waals surface area (Å²) in [7, 11) is 0. The number of ether oxygens (including phenoxy) is 1. The average molecular weight is 247 g/mol. The first-order valence-corrected chi connectivity index (χ1v) is 7.30. The van der Waals surface area contributed by atoms with E-state index in [0.29, 0.717) is 12.0 Å². The molecule has 2 rings (SSSR count). The highest BCUT2D eigenvalue weighted by Crippen LogP contribution is 2.36. The normalized spacial score (nSPS) is 20.0. The van der Waals surface area contributed by atoms with Crippen molar-refractivity contribution in [3.63, 3.8) is 0 Å². The highest BCUT2D eigenvalue weighted by molar-refractivity contribution is 5.37. The Morgan fingerprint density at radius 1 is 1.33 bits per heavy atom. The SMILES string of the molecule is CCCC(CC1CCOc2ccccc21)NCC. The second-order valence-corrected chi connectivity index (χ2v) is 5.15. The highest BCUT2D eigenvalue weighted by Gasteiger charge is 2.23. The maximum Gasteiger partial charge on any atom is 0.122 e. The van der Waals surface area contributed by atoms with Gasteiger partial charge in [-0.15, -0.1) is 0 Å². The number of fused-ring (bicyclic) bond motifs is 1. The van der Waals surface area contributed by atoms with Crippen LogP contribution in [-0.4, -0.2) is 19.2 Å². The Balaban J connectivity index is 2.05. The Morgan fingerprint density at radius 3 is 2.94 bits per heavy atom. The fourth-order valence-electron chi connectivity index (χ4n) is 2.94. The first kappa shape index (κ1) is 13.4. The molecule has 2 nitrogen and oxygen atoms in total. The quantitative estimate of drug-likeness (QED) is 0.827. The van der Waals surface area contributed by atoms with Gasteiger partial charge in [-0.25, -0.2) is 0 Å². The van der Waals surface area contributed by atoms with Crippen LogP contribution in [0.5, 0.6) is 5.75 Å². The average Bonchev–Trinajstić information content (AvgIpc) is 2.40. The number of hydrogen-bond donors (Lipinski definition) is 1. The minimum absolute atomic E-state index is 0.649. The summed E-state index contributed by atoms with van der Waals surface area (Å²) in [6, 6.07) is 9.17. The van der Waals surface area contributed by atoms with E-state index in [4.69, 9.17) is 4.74 Å². The number of nitrogens with one attached hydrogen (secondary N) is 1. The van der Waals surface area contributed by atoms with Crippen LogP contribution in [0.2, 0.25) is 0 Å². The molecule has 1 aromatic carbocycles. The first-order valence-electron chi connectivity index (χ1n) is 7.30. The minimum atomic E-state index is 0.649. The molecule has 0 bridgehead atoms. The fourth-order valence-corrected chi connectivity index (χ4v) is 2.94. The monoisotopic (exact) mass is 247 g/mol. The van der Waals surface area contributed by atoms with Gasteiger partial charge in [-0.3, -0.25) is 0 Å². The second-order valence-electron chi connectivity index (χ2n) is 5.15. The molecular weight excluding hydrogens is 222 g/mol. The van der Waals surface area contributed by atoms with Crippen LogP contribution in [-0.2, 0) is 0 Å². The summed E-state index contributed by atoms with van der Waals surface area (Å²) < 4.78 is 5.73. The molecule has 2 heteroatoms. The third-order valence-corrected chi connectivity index (χ3v) is 3.78. The van der Waals surface area contributed by atoms with Gasteiger partial charge in [0.25, 0.3) is 0 Å². The number of para-hydroxylation sites is 1. The van der Waals surface area contributed by atoms with E-state index in [1.165, 1.54) is 24.8 Å². The van der Waals surface area contributed by atoms with Crippen LogP contribution < -0.4 is 10.1 Å². The molecule has 1 heterocycles. The minimum Gasteiger partial charge on any atom is -0.493 e. The molecule has 2 atom stereocenters. The van der Waals surface area contributed by atoms with Crippen LogP contribution in [0, 0.1) is 0 Å². The molecule has 0 aliphatic carbocycles. The van der Waals surface area contributed by atoms with Crippen molar-refractivity contribution in [2.75, 3.05) is 13.2 Å². The number of hydrogen-bond acceptors (Lipinski definition) is 2. The Hall–Kier alpha value is -1.02. The van der Waals surface area contributed by atoms with E-state index >= 15 is 0 Å². The third kappa shape index (κ3) is 3.26. The summed E-state index contributed by atoms with van der Waals surface area (Å²) in [6.07, 6.45) is 4.92. The molecule has 0 saturated heterocycles. The van der Waals surface area contributed by atoms with Crippen molar-refractivity contribution < 1.29 is 4.74 Å². The molecule has 1 aliphatic rings. The van der Waals surface area contributed by atoms with Gasteiger partial charge in [-0.2, -0.15) is 0 Å². The van der Waals surface area contributed by atoms with Crippen molar-refractivity contribution in [3.05, 3.63) is 29.8 Å². The largest absolute Gasteiger partial charge is 0.493 e. The molecule has 18 heavy (non-hydrogen) atoms. The number of rotatable bonds is 6. The molecule has 1 aromatic rings. The lowest BCUT2D eigenvalue weighted by atomic mass is 9.86. The van der Waals surface area contributed by atoms with E-state index in [2.05, 4.69) is 43.4 Å². The van der Waals surface area contributed by atoms with Crippen LogP contribution in [0.25, 0.3) is 0 Å². The standard InChI is InChI=1S/C16H25NO/c1-3-7-14(17-4-2)12-13-10-11-18-16-9-6-5-8-15(13)16/h5-6,8-9,13-14,17H,3-4,7,10-12H2,1-2H3. The van der Waals surface area contributed by atoms with Crippen molar-refractivity contribution >= 4 is 0 Å².